The van der Waals surface area contributed by atoms with Gasteiger partial charge in [0, 0.05) is 32.0 Å². The Bertz CT molecular complexity index is 728. The fraction of sp³-hybridized carbons (Fsp3) is 0.389. The minimum Gasteiger partial charge on any atom is -0.493 e. The van der Waals surface area contributed by atoms with Crippen molar-refractivity contribution in [1.82, 2.24) is 15.3 Å². The number of hydrogen-bond donors (Lipinski definition) is 1. The number of hydrogen-bond acceptors (Lipinski definition) is 6. The van der Waals surface area contributed by atoms with Crippen LogP contribution in [0, 0.1) is 0 Å². The van der Waals surface area contributed by atoms with Gasteiger partial charge in [-0.05, 0) is 30.5 Å². The summed E-state index contributed by atoms with van der Waals surface area (Å²) in [5.74, 6) is 1.77. The summed E-state index contributed by atoms with van der Waals surface area (Å²) >= 11 is 0. The van der Waals surface area contributed by atoms with Crippen LogP contribution in [0.1, 0.15) is 28.8 Å². The van der Waals surface area contributed by atoms with E-state index < -0.39 is 0 Å². The van der Waals surface area contributed by atoms with Crippen LogP contribution in [0.5, 0.6) is 11.5 Å². The van der Waals surface area contributed by atoms with Crippen molar-refractivity contribution in [3.05, 3.63) is 41.7 Å². The zero-order valence-electron chi connectivity index (χ0n) is 14.5. The lowest BCUT2D eigenvalue weighted by Gasteiger charge is -2.14. The molecule has 7 nitrogen and oxygen atoms in total. The van der Waals surface area contributed by atoms with Gasteiger partial charge in [-0.1, -0.05) is 6.07 Å². The zero-order valence-corrected chi connectivity index (χ0v) is 14.5. The number of nitrogens with zero attached hydrogens (tertiary/aromatic N) is 3. The van der Waals surface area contributed by atoms with Gasteiger partial charge < -0.3 is 19.7 Å². The van der Waals surface area contributed by atoms with Crippen LogP contribution in [0.3, 0.4) is 0 Å². The predicted octanol–water partition coefficient (Wildman–Crippen LogP) is 2.02. The maximum absolute atomic E-state index is 12.3. The summed E-state index contributed by atoms with van der Waals surface area (Å²) in [6.45, 7) is 2.34. The number of carbonyl (C=O) groups is 1. The van der Waals surface area contributed by atoms with Gasteiger partial charge in [-0.3, -0.25) is 4.79 Å². The lowest BCUT2D eigenvalue weighted by Crippen LogP contribution is -2.24. The highest BCUT2D eigenvalue weighted by molar-refractivity contribution is 5.93. The van der Waals surface area contributed by atoms with E-state index in [1.165, 1.54) is 0 Å². The Kier molecular flexibility index (Phi) is 5.33. The zero-order chi connectivity index (χ0) is 17.6. The van der Waals surface area contributed by atoms with Crippen LogP contribution in [0.4, 0.5) is 5.95 Å². The van der Waals surface area contributed by atoms with Crippen molar-refractivity contribution in [3.8, 4) is 11.5 Å². The first-order valence-electron chi connectivity index (χ1n) is 8.27. The van der Waals surface area contributed by atoms with Crippen molar-refractivity contribution in [2.45, 2.75) is 19.4 Å². The number of ether oxygens (including phenoxy) is 2. The van der Waals surface area contributed by atoms with Gasteiger partial charge in [0.25, 0.3) is 5.91 Å². The molecule has 3 rings (SSSR count). The monoisotopic (exact) mass is 342 g/mol. The molecule has 1 saturated heterocycles. The van der Waals surface area contributed by atoms with E-state index in [0.29, 0.717) is 29.6 Å². The average molecular weight is 342 g/mol. The van der Waals surface area contributed by atoms with Crippen LogP contribution in [0.2, 0.25) is 0 Å². The minimum atomic E-state index is -0.206. The van der Waals surface area contributed by atoms with Gasteiger partial charge in [-0.2, -0.15) is 0 Å². The summed E-state index contributed by atoms with van der Waals surface area (Å²) in [6, 6.07) is 5.54. The van der Waals surface area contributed by atoms with E-state index in [0.717, 1.165) is 31.5 Å². The quantitative estimate of drug-likeness (QED) is 0.865. The third-order valence-electron chi connectivity index (χ3n) is 4.19. The normalized spacial score (nSPS) is 13.6. The molecule has 25 heavy (non-hydrogen) atoms. The Morgan fingerprint density at radius 1 is 1.12 bits per heavy atom. The van der Waals surface area contributed by atoms with Gasteiger partial charge in [0.2, 0.25) is 5.95 Å². The summed E-state index contributed by atoms with van der Waals surface area (Å²) in [6.07, 6.45) is 5.48. The maximum Gasteiger partial charge on any atom is 0.254 e. The summed E-state index contributed by atoms with van der Waals surface area (Å²) in [5.41, 5.74) is 1.36. The molecular formula is C18H22N4O3. The van der Waals surface area contributed by atoms with Crippen molar-refractivity contribution < 1.29 is 14.3 Å². The Morgan fingerprint density at radius 3 is 2.44 bits per heavy atom. The second-order valence-electron chi connectivity index (χ2n) is 5.84. The van der Waals surface area contributed by atoms with E-state index in [2.05, 4.69) is 20.2 Å². The van der Waals surface area contributed by atoms with E-state index in [1.807, 2.05) is 18.2 Å². The van der Waals surface area contributed by atoms with Gasteiger partial charge in [0.05, 0.1) is 19.8 Å². The van der Waals surface area contributed by atoms with Crippen LogP contribution >= 0.6 is 0 Å². The van der Waals surface area contributed by atoms with Crippen molar-refractivity contribution in [1.29, 1.82) is 0 Å². The van der Waals surface area contributed by atoms with Gasteiger partial charge >= 0.3 is 0 Å². The van der Waals surface area contributed by atoms with E-state index in [9.17, 15) is 4.79 Å². The molecule has 0 unspecified atom stereocenters. The highest BCUT2D eigenvalue weighted by Gasteiger charge is 2.15. The number of aromatic nitrogens is 2. The fourth-order valence-corrected chi connectivity index (χ4v) is 2.79. The molecular weight excluding hydrogens is 320 g/mol. The summed E-state index contributed by atoms with van der Waals surface area (Å²) in [4.78, 5) is 23.0. The molecule has 1 aromatic heterocycles. The fourth-order valence-electron chi connectivity index (χ4n) is 2.79. The van der Waals surface area contributed by atoms with Crippen LogP contribution < -0.4 is 19.7 Å². The number of amides is 1. The van der Waals surface area contributed by atoms with Crippen LogP contribution in [-0.2, 0) is 6.54 Å². The minimum absolute atomic E-state index is 0.206. The molecule has 1 aliphatic rings. The summed E-state index contributed by atoms with van der Waals surface area (Å²) in [5, 5.41) is 2.86. The number of benzene rings is 1. The Morgan fingerprint density at radius 2 is 1.80 bits per heavy atom. The van der Waals surface area contributed by atoms with Crippen molar-refractivity contribution in [3.63, 3.8) is 0 Å². The SMILES string of the molecule is COc1ccc(CNC(=O)c2cnc(N3CCCC3)nc2)cc1OC. The van der Waals surface area contributed by atoms with Crippen LogP contribution in [0.15, 0.2) is 30.6 Å². The second kappa shape index (κ2) is 7.83. The Balaban J connectivity index is 1.60. The number of carbonyl (C=O) groups excluding carboxylic acids is 1. The molecule has 0 aliphatic carbocycles. The molecule has 7 heteroatoms. The Hall–Kier alpha value is -2.83. The smallest absolute Gasteiger partial charge is 0.254 e. The van der Waals surface area contributed by atoms with Gasteiger partial charge in [0.1, 0.15) is 0 Å². The number of anilines is 1. The lowest BCUT2D eigenvalue weighted by atomic mass is 10.2. The molecule has 1 amide bonds. The molecule has 2 heterocycles. The molecule has 1 aliphatic heterocycles. The predicted molar refractivity (Wildman–Crippen MR) is 94.2 cm³/mol. The van der Waals surface area contributed by atoms with Crippen LogP contribution in [-0.4, -0.2) is 43.2 Å². The average Bonchev–Trinajstić information content (AvgIpc) is 3.20. The largest absolute Gasteiger partial charge is 0.493 e. The summed E-state index contributed by atoms with van der Waals surface area (Å²) < 4.78 is 10.5. The molecule has 1 N–H and O–H groups in total. The van der Waals surface area contributed by atoms with Crippen LogP contribution in [0.25, 0.3) is 0 Å². The topological polar surface area (TPSA) is 76.6 Å². The first-order chi connectivity index (χ1) is 12.2. The molecule has 0 atom stereocenters. The number of methoxy groups -OCH3 is 2. The molecule has 1 aromatic carbocycles. The van der Waals surface area contributed by atoms with E-state index >= 15 is 0 Å². The molecule has 0 bridgehead atoms. The summed E-state index contributed by atoms with van der Waals surface area (Å²) in [7, 11) is 3.17. The van der Waals surface area contributed by atoms with E-state index in [1.54, 1.807) is 26.6 Å². The first kappa shape index (κ1) is 17.0. The molecule has 0 radical (unpaired) electrons. The standard InChI is InChI=1S/C18H22N4O3/c1-24-15-6-5-13(9-16(15)25-2)10-19-17(23)14-11-20-18(21-12-14)22-7-3-4-8-22/h5-6,9,11-12H,3-4,7-8,10H2,1-2H3,(H,19,23). The molecule has 1 fully saturated rings. The highest BCUT2D eigenvalue weighted by atomic mass is 16.5. The maximum atomic E-state index is 12.3. The molecule has 2 aromatic rings. The third kappa shape index (κ3) is 3.99. The van der Waals surface area contributed by atoms with Crippen molar-refractivity contribution >= 4 is 11.9 Å². The van der Waals surface area contributed by atoms with Crippen molar-refractivity contribution in [2.75, 3.05) is 32.2 Å². The van der Waals surface area contributed by atoms with Gasteiger partial charge in [0.15, 0.2) is 11.5 Å². The van der Waals surface area contributed by atoms with Gasteiger partial charge in [-0.15, -0.1) is 0 Å². The third-order valence-corrected chi connectivity index (χ3v) is 4.19. The Labute approximate surface area is 147 Å². The van der Waals surface area contributed by atoms with Crippen molar-refractivity contribution in [2.24, 2.45) is 0 Å². The first-order valence-corrected chi connectivity index (χ1v) is 8.27. The molecule has 0 saturated carbocycles. The number of nitrogens with one attached hydrogen (secondary N) is 1. The van der Waals surface area contributed by atoms with E-state index in [-0.39, 0.29) is 5.91 Å². The second-order valence-corrected chi connectivity index (χ2v) is 5.84. The lowest BCUT2D eigenvalue weighted by molar-refractivity contribution is 0.0950. The molecule has 132 valence electrons. The molecule has 0 spiro atoms. The highest BCUT2D eigenvalue weighted by Crippen LogP contribution is 2.27. The van der Waals surface area contributed by atoms with E-state index in [4.69, 9.17) is 9.47 Å². The van der Waals surface area contributed by atoms with Gasteiger partial charge in [-0.25, -0.2) is 9.97 Å². The number of rotatable bonds is 6.